The molecule has 1 aromatic rings. The average Bonchev–Trinajstić information content (AvgIpc) is 2.70. The first kappa shape index (κ1) is 15.2. The van der Waals surface area contributed by atoms with Crippen LogP contribution in [0.5, 0.6) is 0 Å². The third-order valence-corrected chi connectivity index (χ3v) is 4.41. The van der Waals surface area contributed by atoms with Crippen LogP contribution in [0, 0.1) is 0 Å². The van der Waals surface area contributed by atoms with E-state index in [1.54, 1.807) is 6.92 Å². The summed E-state index contributed by atoms with van der Waals surface area (Å²) in [4.78, 5) is 25.4. The minimum atomic E-state index is -0.989. The Labute approximate surface area is 119 Å². The Morgan fingerprint density at radius 3 is 2.39 bits per heavy atom. The summed E-state index contributed by atoms with van der Waals surface area (Å²) < 4.78 is 0.964. The lowest BCUT2D eigenvalue weighted by molar-refractivity contribution is -0.146. The van der Waals surface area contributed by atoms with Gasteiger partial charge in [0.05, 0.1) is 9.70 Å². The van der Waals surface area contributed by atoms with Crippen molar-refractivity contribution in [2.75, 3.05) is 6.54 Å². The van der Waals surface area contributed by atoms with Crippen LogP contribution < -0.4 is 0 Å². The highest BCUT2D eigenvalue weighted by Crippen LogP contribution is 2.29. The molecule has 1 unspecified atom stereocenters. The minimum Gasteiger partial charge on any atom is -0.480 e. The number of aliphatic carboxylic acids is 1. The van der Waals surface area contributed by atoms with Gasteiger partial charge in [-0.3, -0.25) is 9.59 Å². The number of amides is 1. The maximum absolute atomic E-state index is 12.3. The van der Waals surface area contributed by atoms with Crippen molar-refractivity contribution in [2.24, 2.45) is 0 Å². The molecule has 1 amide bonds. The molecule has 1 rings (SSSR count). The van der Waals surface area contributed by atoms with E-state index >= 15 is 0 Å². The van der Waals surface area contributed by atoms with E-state index in [2.05, 4.69) is 15.9 Å². The number of nitrogens with zero attached hydrogens (tertiary/aromatic N) is 1. The Hall–Kier alpha value is -0.880. The monoisotopic (exact) mass is 333 g/mol. The van der Waals surface area contributed by atoms with Crippen molar-refractivity contribution in [1.29, 1.82) is 0 Å². The highest BCUT2D eigenvalue weighted by molar-refractivity contribution is 9.11. The summed E-state index contributed by atoms with van der Waals surface area (Å²) in [6.45, 7) is 5.18. The van der Waals surface area contributed by atoms with E-state index in [1.807, 2.05) is 26.0 Å². The van der Waals surface area contributed by atoms with Crippen molar-refractivity contribution in [3.8, 4) is 0 Å². The van der Waals surface area contributed by atoms with Crippen LogP contribution in [0.1, 0.15) is 31.6 Å². The van der Waals surface area contributed by atoms with Gasteiger partial charge in [0, 0.05) is 10.9 Å². The van der Waals surface area contributed by atoms with Gasteiger partial charge in [-0.25, -0.2) is 0 Å². The van der Waals surface area contributed by atoms with Gasteiger partial charge in [0.25, 0.3) is 0 Å². The zero-order valence-corrected chi connectivity index (χ0v) is 12.9. The third-order valence-electron chi connectivity index (χ3n) is 2.60. The van der Waals surface area contributed by atoms with Crippen LogP contribution in [-0.4, -0.2) is 34.5 Å². The van der Waals surface area contributed by atoms with E-state index in [0.717, 1.165) is 8.66 Å². The normalized spacial score (nSPS) is 12.5. The zero-order valence-electron chi connectivity index (χ0n) is 10.5. The van der Waals surface area contributed by atoms with Gasteiger partial charge in [0.2, 0.25) is 5.91 Å². The first-order chi connectivity index (χ1) is 8.32. The lowest BCUT2D eigenvalue weighted by atomic mass is 10.1. The highest BCUT2D eigenvalue weighted by Gasteiger charge is 2.26. The Kier molecular flexibility index (Phi) is 5.34. The Morgan fingerprint density at radius 2 is 2.00 bits per heavy atom. The Balaban J connectivity index is 2.85. The molecule has 0 fully saturated rings. The van der Waals surface area contributed by atoms with E-state index < -0.39 is 5.97 Å². The van der Waals surface area contributed by atoms with Gasteiger partial charge >= 0.3 is 5.97 Å². The summed E-state index contributed by atoms with van der Waals surface area (Å²) in [5.41, 5.74) is 0. The molecule has 0 saturated heterocycles. The molecular formula is C12H16BrNO3S. The summed E-state index contributed by atoms with van der Waals surface area (Å²) in [6.07, 6.45) is 0. The summed E-state index contributed by atoms with van der Waals surface area (Å²) in [5, 5.41) is 8.84. The zero-order chi connectivity index (χ0) is 13.9. The summed E-state index contributed by atoms with van der Waals surface area (Å²) >= 11 is 4.85. The molecule has 0 bridgehead atoms. The van der Waals surface area contributed by atoms with Gasteiger partial charge in [-0.15, -0.1) is 11.3 Å². The number of carboxylic acid groups (broad SMARTS) is 1. The molecule has 0 aliphatic carbocycles. The second-order valence-corrected chi connectivity index (χ2v) is 6.81. The van der Waals surface area contributed by atoms with Crippen molar-refractivity contribution in [1.82, 2.24) is 4.90 Å². The maximum Gasteiger partial charge on any atom is 0.323 e. The topological polar surface area (TPSA) is 57.6 Å². The molecule has 0 aliphatic rings. The fourth-order valence-corrected chi connectivity index (χ4v) is 3.06. The molecule has 4 nitrogen and oxygen atoms in total. The number of carbonyl (C=O) groups excluding carboxylic acids is 1. The van der Waals surface area contributed by atoms with Gasteiger partial charge < -0.3 is 10.0 Å². The van der Waals surface area contributed by atoms with E-state index in [4.69, 9.17) is 5.11 Å². The minimum absolute atomic E-state index is 0.126. The second kappa shape index (κ2) is 6.33. The fraction of sp³-hybridized carbons (Fsp3) is 0.500. The summed E-state index contributed by atoms with van der Waals surface area (Å²) in [5.74, 6) is -1.46. The molecule has 18 heavy (non-hydrogen) atoms. The molecular weight excluding hydrogens is 318 g/mol. The number of carbonyl (C=O) groups is 2. The van der Waals surface area contributed by atoms with Crippen molar-refractivity contribution in [2.45, 2.75) is 32.7 Å². The van der Waals surface area contributed by atoms with Gasteiger partial charge in [-0.1, -0.05) is 0 Å². The van der Waals surface area contributed by atoms with Gasteiger partial charge in [-0.2, -0.15) is 0 Å². The average molecular weight is 334 g/mol. The van der Waals surface area contributed by atoms with Crippen molar-refractivity contribution >= 4 is 39.1 Å². The summed E-state index contributed by atoms with van der Waals surface area (Å²) in [6, 6.07) is 3.65. The lowest BCUT2D eigenvalue weighted by Crippen LogP contribution is -2.42. The molecule has 6 heteroatoms. The molecule has 0 saturated carbocycles. The van der Waals surface area contributed by atoms with Crippen LogP contribution in [0.3, 0.4) is 0 Å². The van der Waals surface area contributed by atoms with E-state index in [1.165, 1.54) is 16.2 Å². The molecule has 1 heterocycles. The number of thiophene rings is 1. The lowest BCUT2D eigenvalue weighted by Gasteiger charge is -2.27. The van der Waals surface area contributed by atoms with Crippen LogP contribution in [0.15, 0.2) is 15.9 Å². The van der Waals surface area contributed by atoms with Crippen molar-refractivity contribution in [3.63, 3.8) is 0 Å². The molecule has 0 aromatic carbocycles. The van der Waals surface area contributed by atoms with E-state index in [0.29, 0.717) is 0 Å². The third kappa shape index (κ3) is 3.81. The quantitative estimate of drug-likeness (QED) is 0.901. The van der Waals surface area contributed by atoms with Crippen molar-refractivity contribution < 1.29 is 14.7 Å². The number of carboxylic acids is 1. The first-order valence-electron chi connectivity index (χ1n) is 5.60. The van der Waals surface area contributed by atoms with Gasteiger partial charge in [-0.05, 0) is 48.8 Å². The highest BCUT2D eigenvalue weighted by atomic mass is 79.9. The number of hydrogen-bond donors (Lipinski definition) is 1. The second-order valence-electron chi connectivity index (χ2n) is 4.32. The molecule has 100 valence electrons. The van der Waals surface area contributed by atoms with Crippen molar-refractivity contribution in [3.05, 3.63) is 20.8 Å². The van der Waals surface area contributed by atoms with Crippen LogP contribution in [0.4, 0.5) is 0 Å². The van der Waals surface area contributed by atoms with Gasteiger partial charge in [0.1, 0.15) is 6.54 Å². The predicted molar refractivity (Wildman–Crippen MR) is 74.9 cm³/mol. The summed E-state index contributed by atoms with van der Waals surface area (Å²) in [7, 11) is 0. The smallest absolute Gasteiger partial charge is 0.323 e. The van der Waals surface area contributed by atoms with Gasteiger partial charge in [0.15, 0.2) is 0 Å². The Morgan fingerprint density at radius 1 is 1.39 bits per heavy atom. The SMILES string of the molecule is CC(C(=O)N(CC(=O)O)C(C)C)c1ccc(Br)s1. The first-order valence-corrected chi connectivity index (χ1v) is 7.21. The Bertz CT molecular complexity index is 444. The molecule has 1 aromatic heterocycles. The molecule has 0 spiro atoms. The van der Waals surface area contributed by atoms with Crippen LogP contribution in [0.2, 0.25) is 0 Å². The molecule has 1 N–H and O–H groups in total. The van der Waals surface area contributed by atoms with Crippen LogP contribution >= 0.6 is 27.3 Å². The number of hydrogen-bond acceptors (Lipinski definition) is 3. The predicted octanol–water partition coefficient (Wildman–Crippen LogP) is 2.94. The molecule has 0 radical (unpaired) electrons. The molecule has 0 aliphatic heterocycles. The van der Waals surface area contributed by atoms with E-state index in [9.17, 15) is 9.59 Å². The standard InChI is InChI=1S/C12H16BrNO3S/c1-7(2)14(6-11(15)16)12(17)8(3)9-4-5-10(13)18-9/h4-5,7-8H,6H2,1-3H3,(H,15,16). The fourth-order valence-electron chi connectivity index (χ4n) is 1.59. The van der Waals surface area contributed by atoms with E-state index in [-0.39, 0.29) is 24.4 Å². The maximum atomic E-state index is 12.3. The van der Waals surface area contributed by atoms with Crippen LogP contribution in [0.25, 0.3) is 0 Å². The number of rotatable bonds is 5. The number of halogens is 1. The largest absolute Gasteiger partial charge is 0.480 e. The van der Waals surface area contributed by atoms with Crippen LogP contribution in [-0.2, 0) is 9.59 Å². The molecule has 1 atom stereocenters.